The number of hydrogen-bond donors (Lipinski definition) is 2. The Kier molecular flexibility index (Phi) is 5.50. The largest absolute Gasteiger partial charge is 0.465 e. The van der Waals surface area contributed by atoms with Crippen LogP contribution in [0.2, 0.25) is 0 Å². The van der Waals surface area contributed by atoms with E-state index in [1.807, 2.05) is 0 Å². The summed E-state index contributed by atoms with van der Waals surface area (Å²) in [6.07, 6.45) is 4.96. The summed E-state index contributed by atoms with van der Waals surface area (Å²) in [6.45, 7) is 3.86. The summed E-state index contributed by atoms with van der Waals surface area (Å²) in [5, 5.41) is 0.889. The number of aromatic nitrogens is 2. The molecular formula is C11H19N3O2S. The number of rotatable bonds is 7. The van der Waals surface area contributed by atoms with Gasteiger partial charge in [-0.1, -0.05) is 11.8 Å². The van der Waals surface area contributed by atoms with Crippen LogP contribution in [0.25, 0.3) is 0 Å². The Morgan fingerprint density at radius 3 is 3.06 bits per heavy atom. The molecule has 0 aliphatic carbocycles. The van der Waals surface area contributed by atoms with Gasteiger partial charge in [0, 0.05) is 18.1 Å². The van der Waals surface area contributed by atoms with E-state index in [0.717, 1.165) is 17.3 Å². The molecule has 5 nitrogen and oxygen atoms in total. The Balaban J connectivity index is 2.23. The number of thioether (sulfide) groups is 1. The summed E-state index contributed by atoms with van der Waals surface area (Å²) in [5.74, 6) is 0.544. The lowest BCUT2D eigenvalue weighted by molar-refractivity contribution is -0.149. The van der Waals surface area contributed by atoms with Crippen molar-refractivity contribution in [3.8, 4) is 0 Å². The molecule has 0 aromatic carbocycles. The van der Waals surface area contributed by atoms with Crippen molar-refractivity contribution in [2.75, 3.05) is 12.4 Å². The molecule has 1 unspecified atom stereocenters. The first-order valence-corrected chi connectivity index (χ1v) is 6.63. The van der Waals surface area contributed by atoms with E-state index in [4.69, 9.17) is 10.5 Å². The number of H-pyrrole nitrogens is 1. The average Bonchev–Trinajstić information content (AvgIpc) is 2.77. The van der Waals surface area contributed by atoms with Crippen molar-refractivity contribution in [2.24, 2.45) is 5.73 Å². The third kappa shape index (κ3) is 4.79. The molecule has 0 radical (unpaired) electrons. The van der Waals surface area contributed by atoms with E-state index >= 15 is 0 Å². The third-order valence-corrected chi connectivity index (χ3v) is 3.28. The van der Waals surface area contributed by atoms with E-state index in [0.29, 0.717) is 13.0 Å². The number of nitrogens with zero attached hydrogens (tertiary/aromatic N) is 1. The summed E-state index contributed by atoms with van der Waals surface area (Å²) < 4.78 is 4.92. The zero-order valence-corrected chi connectivity index (χ0v) is 11.0. The lowest BCUT2D eigenvalue weighted by Gasteiger charge is -2.21. The van der Waals surface area contributed by atoms with Crippen LogP contribution >= 0.6 is 11.8 Å². The highest BCUT2D eigenvalue weighted by molar-refractivity contribution is 7.99. The first-order valence-electron chi connectivity index (χ1n) is 5.64. The molecule has 0 aliphatic heterocycles. The zero-order chi connectivity index (χ0) is 12.7. The molecule has 3 N–H and O–H groups in total. The summed E-state index contributed by atoms with van der Waals surface area (Å²) in [7, 11) is 0. The monoisotopic (exact) mass is 257 g/mol. The molecule has 96 valence electrons. The minimum atomic E-state index is -0.889. The van der Waals surface area contributed by atoms with Gasteiger partial charge in [0.2, 0.25) is 0 Å². The van der Waals surface area contributed by atoms with Crippen LogP contribution in [-0.2, 0) is 9.53 Å². The van der Waals surface area contributed by atoms with E-state index in [1.54, 1.807) is 38.0 Å². The Labute approximate surface area is 106 Å². The maximum Gasteiger partial charge on any atom is 0.325 e. The lowest BCUT2D eigenvalue weighted by atomic mass is 9.98. The van der Waals surface area contributed by atoms with Gasteiger partial charge >= 0.3 is 5.97 Å². The van der Waals surface area contributed by atoms with Crippen LogP contribution in [0.3, 0.4) is 0 Å². The molecule has 1 aromatic heterocycles. The van der Waals surface area contributed by atoms with Crippen molar-refractivity contribution in [1.29, 1.82) is 0 Å². The average molecular weight is 257 g/mol. The van der Waals surface area contributed by atoms with Gasteiger partial charge in [-0.05, 0) is 26.7 Å². The number of aromatic amines is 1. The van der Waals surface area contributed by atoms with E-state index in [9.17, 15) is 4.79 Å². The van der Waals surface area contributed by atoms with E-state index in [2.05, 4.69) is 9.97 Å². The predicted molar refractivity (Wildman–Crippen MR) is 67.8 cm³/mol. The number of nitrogens with one attached hydrogen (secondary N) is 1. The molecule has 0 fully saturated rings. The molecule has 0 amide bonds. The van der Waals surface area contributed by atoms with Gasteiger partial charge in [0.05, 0.1) is 6.61 Å². The van der Waals surface area contributed by atoms with Gasteiger partial charge in [-0.3, -0.25) is 4.79 Å². The number of hydrogen-bond acceptors (Lipinski definition) is 5. The molecule has 1 heterocycles. The summed E-state index contributed by atoms with van der Waals surface area (Å²) >= 11 is 1.62. The maximum atomic E-state index is 11.5. The Bertz CT molecular complexity index is 338. The van der Waals surface area contributed by atoms with Gasteiger partial charge < -0.3 is 15.5 Å². The van der Waals surface area contributed by atoms with Crippen molar-refractivity contribution in [2.45, 2.75) is 37.4 Å². The summed E-state index contributed by atoms with van der Waals surface area (Å²) in [6, 6.07) is 0. The van der Waals surface area contributed by atoms with Crippen LogP contribution in [0.4, 0.5) is 0 Å². The number of imidazole rings is 1. The number of carbonyl (C=O) groups is 1. The molecule has 1 rings (SSSR count). The van der Waals surface area contributed by atoms with Gasteiger partial charge in [0.25, 0.3) is 0 Å². The number of ether oxygens (including phenoxy) is 1. The highest BCUT2D eigenvalue weighted by atomic mass is 32.2. The van der Waals surface area contributed by atoms with E-state index < -0.39 is 5.54 Å². The minimum Gasteiger partial charge on any atom is -0.465 e. The molecule has 0 saturated carbocycles. The number of carbonyl (C=O) groups excluding carboxylic acids is 1. The fraction of sp³-hybridized carbons (Fsp3) is 0.636. The third-order valence-electron chi connectivity index (χ3n) is 2.29. The van der Waals surface area contributed by atoms with Crippen LogP contribution in [-0.4, -0.2) is 33.8 Å². The van der Waals surface area contributed by atoms with Crippen LogP contribution in [0.15, 0.2) is 17.6 Å². The standard InChI is InChI=1S/C11H19N3O2S/c1-3-16-9(15)11(2,12)5-4-8-17-10-13-6-7-14-10/h6-7H,3-5,8,12H2,1-2H3,(H,13,14). The van der Waals surface area contributed by atoms with Crippen LogP contribution < -0.4 is 5.73 Å². The molecular weight excluding hydrogens is 238 g/mol. The molecule has 0 bridgehead atoms. The molecule has 6 heteroatoms. The topological polar surface area (TPSA) is 81.0 Å². The second-order valence-electron chi connectivity index (χ2n) is 3.98. The van der Waals surface area contributed by atoms with Crippen molar-refractivity contribution < 1.29 is 9.53 Å². The second-order valence-corrected chi connectivity index (χ2v) is 5.07. The van der Waals surface area contributed by atoms with E-state index in [1.165, 1.54) is 0 Å². The van der Waals surface area contributed by atoms with Crippen LogP contribution in [0, 0.1) is 0 Å². The van der Waals surface area contributed by atoms with Gasteiger partial charge in [0.15, 0.2) is 5.16 Å². The number of esters is 1. The highest BCUT2D eigenvalue weighted by Crippen LogP contribution is 2.17. The Morgan fingerprint density at radius 2 is 2.47 bits per heavy atom. The Morgan fingerprint density at radius 1 is 1.71 bits per heavy atom. The fourth-order valence-corrected chi connectivity index (χ4v) is 2.10. The normalized spacial score (nSPS) is 14.3. The van der Waals surface area contributed by atoms with Crippen molar-refractivity contribution >= 4 is 17.7 Å². The van der Waals surface area contributed by atoms with Gasteiger partial charge in [0.1, 0.15) is 5.54 Å². The van der Waals surface area contributed by atoms with Gasteiger partial charge in [-0.15, -0.1) is 0 Å². The van der Waals surface area contributed by atoms with E-state index in [-0.39, 0.29) is 5.97 Å². The molecule has 17 heavy (non-hydrogen) atoms. The molecule has 0 aliphatic rings. The Hall–Kier alpha value is -1.01. The molecule has 1 aromatic rings. The summed E-state index contributed by atoms with van der Waals surface area (Å²) in [5.41, 5.74) is 5.01. The maximum absolute atomic E-state index is 11.5. The van der Waals surface area contributed by atoms with Crippen LogP contribution in [0.1, 0.15) is 26.7 Å². The minimum absolute atomic E-state index is 0.331. The second kappa shape index (κ2) is 6.66. The predicted octanol–water partition coefficient (Wildman–Crippen LogP) is 1.56. The van der Waals surface area contributed by atoms with Gasteiger partial charge in [-0.2, -0.15) is 0 Å². The summed E-state index contributed by atoms with van der Waals surface area (Å²) in [4.78, 5) is 18.6. The first-order chi connectivity index (χ1) is 8.06. The van der Waals surface area contributed by atoms with Gasteiger partial charge in [-0.25, -0.2) is 4.98 Å². The van der Waals surface area contributed by atoms with Crippen LogP contribution in [0.5, 0.6) is 0 Å². The zero-order valence-electron chi connectivity index (χ0n) is 10.2. The smallest absolute Gasteiger partial charge is 0.325 e. The SMILES string of the molecule is CCOC(=O)C(C)(N)CCCSc1ncc[nH]1. The fourth-order valence-electron chi connectivity index (χ4n) is 1.34. The van der Waals surface area contributed by atoms with Crippen molar-refractivity contribution in [1.82, 2.24) is 9.97 Å². The molecule has 0 saturated heterocycles. The highest BCUT2D eigenvalue weighted by Gasteiger charge is 2.29. The molecule has 0 spiro atoms. The van der Waals surface area contributed by atoms with Crippen molar-refractivity contribution in [3.05, 3.63) is 12.4 Å². The quantitative estimate of drug-likeness (QED) is 0.440. The number of nitrogens with two attached hydrogens (primary N) is 1. The first kappa shape index (κ1) is 14.1. The lowest BCUT2D eigenvalue weighted by Crippen LogP contribution is -2.46. The molecule has 1 atom stereocenters. The van der Waals surface area contributed by atoms with Crippen molar-refractivity contribution in [3.63, 3.8) is 0 Å².